The lowest BCUT2D eigenvalue weighted by atomic mass is 10.4. The Balaban J connectivity index is 2.54. The van der Waals surface area contributed by atoms with Crippen LogP contribution < -0.4 is 5.32 Å². The zero-order chi connectivity index (χ0) is 9.84. The van der Waals surface area contributed by atoms with E-state index in [0.717, 1.165) is 0 Å². The minimum absolute atomic E-state index is 0.190. The lowest BCUT2D eigenvalue weighted by Gasteiger charge is -2.02. The highest BCUT2D eigenvalue weighted by Gasteiger charge is 2.13. The van der Waals surface area contributed by atoms with E-state index < -0.39 is 4.84 Å². The highest BCUT2D eigenvalue weighted by Crippen LogP contribution is 2.17. The molecule has 0 aliphatic heterocycles. The van der Waals surface area contributed by atoms with Crippen LogP contribution in [0.2, 0.25) is 0 Å². The number of halogens is 3. The number of hydrogen-bond donors (Lipinski definition) is 1. The quantitative estimate of drug-likeness (QED) is 0.868. The molecule has 1 aromatic heterocycles. The molecule has 0 radical (unpaired) electrons. The molecule has 1 aromatic rings. The van der Waals surface area contributed by atoms with Crippen LogP contribution in [0.15, 0.2) is 21.2 Å². The molecule has 0 aliphatic rings. The number of carbonyl (C=O) groups is 1. The molecule has 0 fully saturated rings. The van der Waals surface area contributed by atoms with E-state index in [-0.39, 0.29) is 18.2 Å². The van der Waals surface area contributed by atoms with Crippen LogP contribution in [0, 0.1) is 0 Å². The van der Waals surface area contributed by atoms with E-state index in [4.69, 9.17) is 27.6 Å². The summed E-state index contributed by atoms with van der Waals surface area (Å²) in [6, 6.07) is 1.63. The van der Waals surface area contributed by atoms with Gasteiger partial charge in [0.25, 0.3) is 5.91 Å². The Kier molecular flexibility index (Phi) is 4.09. The number of amides is 1. The molecular formula is C7H6BrCl2NO2. The molecule has 13 heavy (non-hydrogen) atoms. The molecule has 1 heterocycles. The molecule has 1 rings (SSSR count). The highest BCUT2D eigenvalue weighted by molar-refractivity contribution is 9.10. The van der Waals surface area contributed by atoms with Crippen LogP contribution in [0.3, 0.4) is 0 Å². The molecule has 0 aliphatic carbocycles. The Morgan fingerprint density at radius 2 is 2.38 bits per heavy atom. The van der Waals surface area contributed by atoms with Crippen molar-refractivity contribution < 1.29 is 9.21 Å². The maximum Gasteiger partial charge on any atom is 0.288 e. The lowest BCUT2D eigenvalue weighted by Crippen LogP contribution is -2.27. The Bertz CT molecular complexity index is 300. The zero-order valence-electron chi connectivity index (χ0n) is 6.39. The standard InChI is InChI=1S/C7H6BrCl2NO2/c8-4-1-2-13-6(4)7(12)11-3-5(9)10/h1-2,5H,3H2,(H,11,12). The summed E-state index contributed by atoms with van der Waals surface area (Å²) in [5.41, 5.74) is 0. The number of carbonyl (C=O) groups excluding carboxylic acids is 1. The van der Waals surface area contributed by atoms with E-state index in [1.807, 2.05) is 0 Å². The van der Waals surface area contributed by atoms with Crippen molar-refractivity contribution in [3.05, 3.63) is 22.6 Å². The minimum atomic E-state index is -0.613. The molecule has 1 N–H and O–H groups in total. The summed E-state index contributed by atoms with van der Waals surface area (Å²) in [7, 11) is 0. The van der Waals surface area contributed by atoms with Gasteiger partial charge >= 0.3 is 0 Å². The second kappa shape index (κ2) is 4.88. The summed E-state index contributed by atoms with van der Waals surface area (Å²) < 4.78 is 5.52. The SMILES string of the molecule is O=C(NCC(Cl)Cl)c1occc1Br. The predicted molar refractivity (Wildman–Crippen MR) is 54.2 cm³/mol. The van der Waals surface area contributed by atoms with Gasteiger partial charge in [0.05, 0.1) is 10.7 Å². The molecule has 0 saturated heterocycles. The van der Waals surface area contributed by atoms with Crippen LogP contribution in [0.1, 0.15) is 10.6 Å². The summed E-state index contributed by atoms with van der Waals surface area (Å²) in [5, 5.41) is 2.50. The summed E-state index contributed by atoms with van der Waals surface area (Å²) in [6.45, 7) is 0.190. The molecule has 0 saturated carbocycles. The monoisotopic (exact) mass is 285 g/mol. The Labute approximate surface area is 93.5 Å². The third-order valence-corrected chi connectivity index (χ3v) is 2.17. The fraction of sp³-hybridized carbons (Fsp3) is 0.286. The average molecular weight is 287 g/mol. The molecule has 72 valence electrons. The van der Waals surface area contributed by atoms with Gasteiger partial charge in [0.2, 0.25) is 5.76 Å². The minimum Gasteiger partial charge on any atom is -0.458 e. The van der Waals surface area contributed by atoms with Gasteiger partial charge in [-0.25, -0.2) is 0 Å². The van der Waals surface area contributed by atoms with Crippen molar-refractivity contribution in [1.82, 2.24) is 5.32 Å². The summed E-state index contributed by atoms with van der Waals surface area (Å²) in [6.07, 6.45) is 1.41. The topological polar surface area (TPSA) is 42.2 Å². The summed E-state index contributed by atoms with van der Waals surface area (Å²) in [4.78, 5) is 10.7. The van der Waals surface area contributed by atoms with Crippen molar-refractivity contribution >= 4 is 45.0 Å². The first-order valence-electron chi connectivity index (χ1n) is 3.40. The molecular weight excluding hydrogens is 281 g/mol. The smallest absolute Gasteiger partial charge is 0.288 e. The van der Waals surface area contributed by atoms with E-state index in [0.29, 0.717) is 4.47 Å². The van der Waals surface area contributed by atoms with Crippen LogP contribution in [0.5, 0.6) is 0 Å². The third kappa shape index (κ3) is 3.21. The van der Waals surface area contributed by atoms with E-state index in [9.17, 15) is 4.79 Å². The predicted octanol–water partition coefficient (Wildman–Crippen LogP) is 2.58. The van der Waals surface area contributed by atoms with Crippen LogP contribution >= 0.6 is 39.1 Å². The second-order valence-corrected chi connectivity index (χ2v) is 4.33. The molecule has 3 nitrogen and oxygen atoms in total. The largest absolute Gasteiger partial charge is 0.458 e. The first-order chi connectivity index (χ1) is 6.11. The fourth-order valence-electron chi connectivity index (χ4n) is 0.706. The number of nitrogens with one attached hydrogen (secondary N) is 1. The van der Waals surface area contributed by atoms with Crippen molar-refractivity contribution in [1.29, 1.82) is 0 Å². The van der Waals surface area contributed by atoms with Crippen LogP contribution in [-0.4, -0.2) is 17.3 Å². The molecule has 0 atom stereocenters. The van der Waals surface area contributed by atoms with E-state index in [1.54, 1.807) is 6.07 Å². The van der Waals surface area contributed by atoms with Crippen LogP contribution in [-0.2, 0) is 0 Å². The maximum absolute atomic E-state index is 11.3. The number of rotatable bonds is 3. The van der Waals surface area contributed by atoms with Gasteiger partial charge in [-0.15, -0.1) is 23.2 Å². The van der Waals surface area contributed by atoms with Gasteiger partial charge < -0.3 is 9.73 Å². The first-order valence-corrected chi connectivity index (χ1v) is 5.07. The molecule has 0 unspecified atom stereocenters. The van der Waals surface area contributed by atoms with Gasteiger partial charge in [0, 0.05) is 6.54 Å². The summed E-state index contributed by atoms with van der Waals surface area (Å²) in [5.74, 6) is -0.128. The lowest BCUT2D eigenvalue weighted by molar-refractivity contribution is 0.0926. The van der Waals surface area contributed by atoms with Gasteiger partial charge in [-0.05, 0) is 22.0 Å². The highest BCUT2D eigenvalue weighted by atomic mass is 79.9. The van der Waals surface area contributed by atoms with Crippen molar-refractivity contribution in [2.75, 3.05) is 6.54 Å². The third-order valence-electron chi connectivity index (χ3n) is 1.24. The average Bonchev–Trinajstić information content (AvgIpc) is 2.47. The van der Waals surface area contributed by atoms with Gasteiger partial charge in [-0.2, -0.15) is 0 Å². The van der Waals surface area contributed by atoms with E-state index >= 15 is 0 Å². The van der Waals surface area contributed by atoms with E-state index in [2.05, 4.69) is 21.2 Å². The van der Waals surface area contributed by atoms with Crippen molar-refractivity contribution in [2.24, 2.45) is 0 Å². The number of hydrogen-bond acceptors (Lipinski definition) is 2. The first kappa shape index (κ1) is 10.9. The molecule has 1 amide bonds. The van der Waals surface area contributed by atoms with Gasteiger partial charge in [-0.1, -0.05) is 0 Å². The van der Waals surface area contributed by atoms with Gasteiger partial charge in [-0.3, -0.25) is 4.79 Å². The number of furan rings is 1. The van der Waals surface area contributed by atoms with Gasteiger partial charge in [0.15, 0.2) is 0 Å². The van der Waals surface area contributed by atoms with Crippen LogP contribution in [0.25, 0.3) is 0 Å². The Morgan fingerprint density at radius 3 is 2.85 bits per heavy atom. The molecule has 0 spiro atoms. The zero-order valence-corrected chi connectivity index (χ0v) is 9.49. The van der Waals surface area contributed by atoms with E-state index in [1.165, 1.54) is 6.26 Å². The van der Waals surface area contributed by atoms with Crippen LogP contribution in [0.4, 0.5) is 0 Å². The van der Waals surface area contributed by atoms with Crippen molar-refractivity contribution in [3.63, 3.8) is 0 Å². The van der Waals surface area contributed by atoms with Crippen molar-refractivity contribution in [2.45, 2.75) is 4.84 Å². The summed E-state index contributed by atoms with van der Waals surface area (Å²) >= 11 is 14.0. The maximum atomic E-state index is 11.3. The molecule has 0 bridgehead atoms. The molecule has 6 heteroatoms. The Hall–Kier alpha value is -0.190. The normalized spacial score (nSPS) is 10.5. The Morgan fingerprint density at radius 1 is 1.69 bits per heavy atom. The second-order valence-electron chi connectivity index (χ2n) is 2.20. The number of alkyl halides is 2. The molecule has 0 aromatic carbocycles. The van der Waals surface area contributed by atoms with Crippen molar-refractivity contribution in [3.8, 4) is 0 Å². The fourth-order valence-corrected chi connectivity index (χ4v) is 1.24. The van der Waals surface area contributed by atoms with Gasteiger partial charge in [0.1, 0.15) is 4.84 Å².